The summed E-state index contributed by atoms with van der Waals surface area (Å²) in [6.07, 6.45) is -0.579. The predicted molar refractivity (Wildman–Crippen MR) is 57.1 cm³/mol. The number of nitrogens with two attached hydrogens (primary N) is 1. The van der Waals surface area contributed by atoms with E-state index in [9.17, 15) is 5.11 Å². The maximum atomic E-state index is 9.96. The summed E-state index contributed by atoms with van der Waals surface area (Å²) in [4.78, 5) is 0.803. The molecule has 2 nitrogen and oxygen atoms in total. The number of halogens is 1. The van der Waals surface area contributed by atoms with Crippen LogP contribution in [0, 0.1) is 5.41 Å². The van der Waals surface area contributed by atoms with E-state index >= 15 is 0 Å². The number of thiophene rings is 1. The van der Waals surface area contributed by atoms with Gasteiger partial charge in [0.15, 0.2) is 0 Å². The molecular weight excluding hydrogens is 206 g/mol. The molecule has 3 N–H and O–H groups in total. The minimum atomic E-state index is -0.579. The van der Waals surface area contributed by atoms with Crippen molar-refractivity contribution in [2.24, 2.45) is 11.1 Å². The van der Waals surface area contributed by atoms with Gasteiger partial charge in [0.1, 0.15) is 0 Å². The molecule has 0 fully saturated rings. The summed E-state index contributed by atoms with van der Waals surface area (Å²) >= 11 is 7.37. The van der Waals surface area contributed by atoms with E-state index in [-0.39, 0.29) is 5.41 Å². The van der Waals surface area contributed by atoms with Crippen molar-refractivity contribution in [3.8, 4) is 0 Å². The monoisotopic (exact) mass is 219 g/mol. The quantitative estimate of drug-likeness (QED) is 0.820. The summed E-state index contributed by atoms with van der Waals surface area (Å²) in [5, 5.41) is 12.5. The summed E-state index contributed by atoms with van der Waals surface area (Å²) in [5.41, 5.74) is 5.24. The Kier molecular flexibility index (Phi) is 3.35. The van der Waals surface area contributed by atoms with Crippen molar-refractivity contribution < 1.29 is 5.11 Å². The lowest BCUT2D eigenvalue weighted by Crippen LogP contribution is -2.30. The van der Waals surface area contributed by atoms with Gasteiger partial charge in [-0.2, -0.15) is 0 Å². The molecule has 13 heavy (non-hydrogen) atoms. The first kappa shape index (κ1) is 11.0. The van der Waals surface area contributed by atoms with Crippen LogP contribution >= 0.6 is 22.9 Å². The van der Waals surface area contributed by atoms with Gasteiger partial charge in [0.2, 0.25) is 0 Å². The Hall–Kier alpha value is -0.0900. The largest absolute Gasteiger partial charge is 0.387 e. The van der Waals surface area contributed by atoms with Crippen LogP contribution in [-0.2, 0) is 0 Å². The number of hydrogen-bond acceptors (Lipinski definition) is 3. The average molecular weight is 220 g/mol. The van der Waals surface area contributed by atoms with Crippen molar-refractivity contribution in [2.75, 3.05) is 6.54 Å². The highest BCUT2D eigenvalue weighted by molar-refractivity contribution is 7.10. The van der Waals surface area contributed by atoms with Gasteiger partial charge in [-0.1, -0.05) is 25.4 Å². The number of hydrogen-bond donors (Lipinski definition) is 2. The van der Waals surface area contributed by atoms with Crippen LogP contribution in [0.15, 0.2) is 11.4 Å². The molecule has 1 atom stereocenters. The maximum absolute atomic E-state index is 9.96. The third-order valence-electron chi connectivity index (χ3n) is 2.16. The smallest absolute Gasteiger partial charge is 0.0959 e. The van der Waals surface area contributed by atoms with Crippen molar-refractivity contribution in [2.45, 2.75) is 20.0 Å². The minimum Gasteiger partial charge on any atom is -0.387 e. The third kappa shape index (κ3) is 2.23. The topological polar surface area (TPSA) is 46.2 Å². The molecule has 1 unspecified atom stereocenters. The molecule has 0 bridgehead atoms. The van der Waals surface area contributed by atoms with Crippen LogP contribution in [0.5, 0.6) is 0 Å². The summed E-state index contributed by atoms with van der Waals surface area (Å²) < 4.78 is 0. The second-order valence-electron chi connectivity index (χ2n) is 3.73. The van der Waals surface area contributed by atoms with Crippen LogP contribution in [0.4, 0.5) is 0 Å². The Morgan fingerprint density at radius 2 is 2.31 bits per heavy atom. The molecule has 0 aliphatic rings. The Balaban J connectivity index is 2.91. The Morgan fingerprint density at radius 3 is 2.69 bits per heavy atom. The van der Waals surface area contributed by atoms with Crippen molar-refractivity contribution in [3.63, 3.8) is 0 Å². The first-order valence-corrected chi connectivity index (χ1v) is 5.36. The van der Waals surface area contributed by atoms with Gasteiger partial charge in [0.25, 0.3) is 0 Å². The molecular formula is C9H14ClNOS. The SMILES string of the molecule is CC(C)(CN)C(O)c1sccc1Cl. The summed E-state index contributed by atoms with van der Waals surface area (Å²) in [6.45, 7) is 4.28. The van der Waals surface area contributed by atoms with Gasteiger partial charge in [-0.3, -0.25) is 0 Å². The van der Waals surface area contributed by atoms with Gasteiger partial charge in [0, 0.05) is 12.0 Å². The molecule has 0 aliphatic carbocycles. The Morgan fingerprint density at radius 1 is 1.69 bits per heavy atom. The third-order valence-corrected chi connectivity index (χ3v) is 3.57. The highest BCUT2D eigenvalue weighted by Crippen LogP contribution is 2.38. The van der Waals surface area contributed by atoms with Crippen LogP contribution in [0.25, 0.3) is 0 Å². The number of aliphatic hydroxyl groups is 1. The second-order valence-corrected chi connectivity index (χ2v) is 5.08. The molecule has 1 rings (SSSR count). The van der Waals surface area contributed by atoms with E-state index < -0.39 is 6.10 Å². The van der Waals surface area contributed by atoms with Crippen molar-refractivity contribution in [1.82, 2.24) is 0 Å². The van der Waals surface area contributed by atoms with Gasteiger partial charge in [0.05, 0.1) is 16.0 Å². The fraction of sp³-hybridized carbons (Fsp3) is 0.556. The lowest BCUT2D eigenvalue weighted by Gasteiger charge is -2.28. The Labute approximate surface area is 87.3 Å². The van der Waals surface area contributed by atoms with Crippen LogP contribution in [0.2, 0.25) is 5.02 Å². The van der Waals surface area contributed by atoms with Gasteiger partial charge in [-0.15, -0.1) is 11.3 Å². The van der Waals surface area contributed by atoms with Crippen molar-refractivity contribution in [1.29, 1.82) is 0 Å². The van der Waals surface area contributed by atoms with Crippen LogP contribution < -0.4 is 5.73 Å². The molecule has 0 saturated carbocycles. The van der Waals surface area contributed by atoms with E-state index in [0.29, 0.717) is 11.6 Å². The molecule has 0 amide bonds. The molecule has 0 aliphatic heterocycles. The van der Waals surface area contributed by atoms with Crippen molar-refractivity contribution in [3.05, 3.63) is 21.3 Å². The van der Waals surface area contributed by atoms with E-state index in [1.807, 2.05) is 19.2 Å². The first-order valence-electron chi connectivity index (χ1n) is 4.10. The standard InChI is InChI=1S/C9H14ClNOS/c1-9(2,5-11)8(12)7-6(10)3-4-13-7/h3-4,8,12H,5,11H2,1-2H3. The zero-order chi connectivity index (χ0) is 10.1. The summed E-state index contributed by atoms with van der Waals surface area (Å²) in [7, 11) is 0. The average Bonchev–Trinajstić information content (AvgIpc) is 2.50. The molecule has 0 saturated heterocycles. The maximum Gasteiger partial charge on any atom is 0.0959 e. The Bertz CT molecular complexity index is 285. The molecule has 0 radical (unpaired) electrons. The zero-order valence-corrected chi connectivity index (χ0v) is 9.32. The minimum absolute atomic E-state index is 0.325. The van der Waals surface area contributed by atoms with Crippen LogP contribution in [0.1, 0.15) is 24.8 Å². The molecule has 1 heterocycles. The van der Waals surface area contributed by atoms with Crippen molar-refractivity contribution >= 4 is 22.9 Å². The summed E-state index contributed by atoms with van der Waals surface area (Å²) in [6, 6.07) is 1.79. The van der Waals surface area contributed by atoms with Gasteiger partial charge in [-0.05, 0) is 11.4 Å². The van der Waals surface area contributed by atoms with Gasteiger partial charge in [-0.25, -0.2) is 0 Å². The number of aliphatic hydroxyl groups excluding tert-OH is 1. The summed E-state index contributed by atoms with van der Waals surface area (Å²) in [5.74, 6) is 0. The highest BCUT2D eigenvalue weighted by atomic mass is 35.5. The fourth-order valence-corrected chi connectivity index (χ4v) is 2.32. The molecule has 0 aromatic carbocycles. The lowest BCUT2D eigenvalue weighted by atomic mass is 9.86. The zero-order valence-electron chi connectivity index (χ0n) is 7.75. The molecule has 1 aromatic heterocycles. The second kappa shape index (κ2) is 3.96. The molecule has 1 aromatic rings. The highest BCUT2D eigenvalue weighted by Gasteiger charge is 2.29. The van der Waals surface area contributed by atoms with Crippen LogP contribution in [-0.4, -0.2) is 11.7 Å². The molecule has 4 heteroatoms. The van der Waals surface area contributed by atoms with E-state index in [1.54, 1.807) is 6.07 Å². The fourth-order valence-electron chi connectivity index (χ4n) is 0.967. The normalized spacial score (nSPS) is 14.5. The number of rotatable bonds is 3. The van der Waals surface area contributed by atoms with Gasteiger partial charge < -0.3 is 10.8 Å². The van der Waals surface area contributed by atoms with E-state index in [2.05, 4.69) is 0 Å². The first-order chi connectivity index (χ1) is 5.99. The lowest BCUT2D eigenvalue weighted by molar-refractivity contribution is 0.0586. The van der Waals surface area contributed by atoms with E-state index in [4.69, 9.17) is 17.3 Å². The van der Waals surface area contributed by atoms with E-state index in [1.165, 1.54) is 11.3 Å². The van der Waals surface area contributed by atoms with Crippen LogP contribution in [0.3, 0.4) is 0 Å². The van der Waals surface area contributed by atoms with E-state index in [0.717, 1.165) is 4.88 Å². The molecule has 0 spiro atoms. The predicted octanol–water partition coefficient (Wildman–Crippen LogP) is 2.42. The van der Waals surface area contributed by atoms with Gasteiger partial charge >= 0.3 is 0 Å². The molecule has 74 valence electrons.